The van der Waals surface area contributed by atoms with Crippen LogP contribution in [0.25, 0.3) is 0 Å². The lowest BCUT2D eigenvalue weighted by atomic mass is 10.1. The van der Waals surface area contributed by atoms with E-state index in [1.54, 1.807) is 18.7 Å². The first-order valence-electron chi connectivity index (χ1n) is 6.77. The number of carbonyl (C=O) groups is 3. The van der Waals surface area contributed by atoms with Crippen molar-refractivity contribution in [2.24, 2.45) is 0 Å². The molecule has 7 heteroatoms. The van der Waals surface area contributed by atoms with Crippen LogP contribution in [0.1, 0.15) is 39.5 Å². The quantitative estimate of drug-likeness (QED) is 0.560. The molecule has 0 aromatic heterocycles. The molecule has 0 saturated carbocycles. The first-order valence-corrected chi connectivity index (χ1v) is 8.17. The first-order chi connectivity index (χ1) is 9.46. The van der Waals surface area contributed by atoms with Gasteiger partial charge in [-0.15, -0.1) is 0 Å². The van der Waals surface area contributed by atoms with Crippen LogP contribution < -0.4 is 10.6 Å². The van der Waals surface area contributed by atoms with Gasteiger partial charge in [0.2, 0.25) is 11.8 Å². The molecule has 20 heavy (non-hydrogen) atoms. The number of thioether (sulfide) groups is 1. The van der Waals surface area contributed by atoms with Crippen molar-refractivity contribution < 1.29 is 19.5 Å². The molecule has 2 unspecified atom stereocenters. The summed E-state index contributed by atoms with van der Waals surface area (Å²) in [7, 11) is 0. The number of carbonyl (C=O) groups excluding carboxylic acids is 2. The highest BCUT2D eigenvalue weighted by atomic mass is 32.2. The largest absolute Gasteiger partial charge is 0.480 e. The van der Waals surface area contributed by atoms with Crippen LogP contribution in [0, 0.1) is 0 Å². The molecule has 0 aromatic rings. The van der Waals surface area contributed by atoms with Crippen molar-refractivity contribution in [1.82, 2.24) is 10.6 Å². The molecule has 0 rings (SSSR count). The standard InChI is InChI=1S/C13H24N2O4S/c1-4-6-10(13(18)19)15-12(17)9(7-8-20-3)14-11(16)5-2/h9-10H,4-8H2,1-3H3,(H,14,16)(H,15,17)(H,18,19). The Morgan fingerprint density at radius 3 is 2.20 bits per heavy atom. The van der Waals surface area contributed by atoms with E-state index in [-0.39, 0.29) is 5.91 Å². The van der Waals surface area contributed by atoms with Crippen LogP contribution in [0.3, 0.4) is 0 Å². The highest BCUT2D eigenvalue weighted by molar-refractivity contribution is 7.98. The summed E-state index contributed by atoms with van der Waals surface area (Å²) in [6, 6.07) is -1.57. The zero-order chi connectivity index (χ0) is 15.5. The van der Waals surface area contributed by atoms with E-state index in [2.05, 4.69) is 10.6 Å². The lowest BCUT2D eigenvalue weighted by molar-refractivity contribution is -0.142. The molecule has 0 bridgehead atoms. The van der Waals surface area contributed by atoms with Crippen LogP contribution in [0.2, 0.25) is 0 Å². The van der Waals surface area contributed by atoms with E-state index in [4.69, 9.17) is 5.11 Å². The van der Waals surface area contributed by atoms with Gasteiger partial charge >= 0.3 is 5.97 Å². The van der Waals surface area contributed by atoms with Crippen molar-refractivity contribution >= 4 is 29.5 Å². The SMILES string of the molecule is CCCC(NC(=O)C(CCSC)NC(=O)CC)C(=O)O. The van der Waals surface area contributed by atoms with Gasteiger partial charge in [0.25, 0.3) is 0 Å². The lowest BCUT2D eigenvalue weighted by Gasteiger charge is -2.21. The molecular formula is C13H24N2O4S. The maximum atomic E-state index is 12.1. The number of nitrogens with one attached hydrogen (secondary N) is 2. The van der Waals surface area contributed by atoms with Gasteiger partial charge in [0.1, 0.15) is 12.1 Å². The minimum absolute atomic E-state index is 0.214. The summed E-state index contributed by atoms with van der Waals surface area (Å²) in [5, 5.41) is 14.2. The van der Waals surface area contributed by atoms with Crippen molar-refractivity contribution in [3.63, 3.8) is 0 Å². The van der Waals surface area contributed by atoms with Crippen LogP contribution in [0.5, 0.6) is 0 Å². The van der Waals surface area contributed by atoms with Crippen molar-refractivity contribution in [1.29, 1.82) is 0 Å². The molecule has 0 aliphatic heterocycles. The molecule has 0 aliphatic rings. The summed E-state index contributed by atoms with van der Waals surface area (Å²) in [5.74, 6) is -0.978. The molecule has 0 fully saturated rings. The van der Waals surface area contributed by atoms with E-state index < -0.39 is 24.0 Å². The highest BCUT2D eigenvalue weighted by Gasteiger charge is 2.25. The first kappa shape index (κ1) is 18.8. The van der Waals surface area contributed by atoms with E-state index in [1.165, 1.54) is 0 Å². The Balaban J connectivity index is 4.65. The van der Waals surface area contributed by atoms with Crippen LogP contribution in [-0.4, -0.2) is 47.0 Å². The number of hydrogen-bond acceptors (Lipinski definition) is 4. The summed E-state index contributed by atoms with van der Waals surface area (Å²) in [5.41, 5.74) is 0. The predicted octanol–water partition coefficient (Wildman–Crippen LogP) is 1.00. The van der Waals surface area contributed by atoms with E-state index in [9.17, 15) is 14.4 Å². The molecule has 0 radical (unpaired) electrons. The minimum Gasteiger partial charge on any atom is -0.480 e. The number of carboxylic acid groups (broad SMARTS) is 1. The van der Waals surface area contributed by atoms with Gasteiger partial charge in [0.15, 0.2) is 0 Å². The molecule has 0 spiro atoms. The van der Waals surface area contributed by atoms with Gasteiger partial charge in [-0.1, -0.05) is 20.3 Å². The summed E-state index contributed by atoms with van der Waals surface area (Å²) in [6.07, 6.45) is 3.72. The van der Waals surface area contributed by atoms with Gasteiger partial charge in [-0.25, -0.2) is 4.79 Å². The Morgan fingerprint density at radius 2 is 1.75 bits per heavy atom. The van der Waals surface area contributed by atoms with E-state index in [0.717, 1.165) is 0 Å². The molecule has 2 amide bonds. The fourth-order valence-electron chi connectivity index (χ4n) is 1.62. The number of amides is 2. The average molecular weight is 304 g/mol. The molecule has 3 N–H and O–H groups in total. The molecule has 2 atom stereocenters. The highest BCUT2D eigenvalue weighted by Crippen LogP contribution is 2.04. The predicted molar refractivity (Wildman–Crippen MR) is 79.7 cm³/mol. The third kappa shape index (κ3) is 7.37. The topological polar surface area (TPSA) is 95.5 Å². The van der Waals surface area contributed by atoms with Gasteiger partial charge in [0, 0.05) is 6.42 Å². The fourth-order valence-corrected chi connectivity index (χ4v) is 2.09. The van der Waals surface area contributed by atoms with Crippen LogP contribution in [-0.2, 0) is 14.4 Å². The summed E-state index contributed by atoms with van der Waals surface area (Å²) in [6.45, 7) is 3.56. The summed E-state index contributed by atoms with van der Waals surface area (Å²) in [4.78, 5) is 34.5. The molecule has 0 aromatic carbocycles. The number of aliphatic carboxylic acids is 1. The Bertz CT molecular complexity index is 336. The Hall–Kier alpha value is -1.24. The van der Waals surface area contributed by atoms with E-state index >= 15 is 0 Å². The molecule has 0 aliphatic carbocycles. The smallest absolute Gasteiger partial charge is 0.326 e. The van der Waals surface area contributed by atoms with Gasteiger partial charge in [-0.2, -0.15) is 11.8 Å². The van der Waals surface area contributed by atoms with Gasteiger partial charge in [-0.3, -0.25) is 9.59 Å². The molecular weight excluding hydrogens is 280 g/mol. The van der Waals surface area contributed by atoms with Crippen LogP contribution >= 0.6 is 11.8 Å². The van der Waals surface area contributed by atoms with Crippen LogP contribution in [0.4, 0.5) is 0 Å². The van der Waals surface area contributed by atoms with E-state index in [0.29, 0.717) is 31.4 Å². The second-order valence-electron chi connectivity index (χ2n) is 4.44. The van der Waals surface area contributed by atoms with Gasteiger partial charge in [-0.05, 0) is 24.9 Å². The molecule has 0 heterocycles. The van der Waals surface area contributed by atoms with Crippen molar-refractivity contribution in [2.45, 2.75) is 51.6 Å². The third-order valence-electron chi connectivity index (χ3n) is 2.78. The average Bonchev–Trinajstić information content (AvgIpc) is 2.42. The van der Waals surface area contributed by atoms with Gasteiger partial charge < -0.3 is 15.7 Å². The Morgan fingerprint density at radius 1 is 1.10 bits per heavy atom. The van der Waals surface area contributed by atoms with Crippen molar-refractivity contribution in [2.75, 3.05) is 12.0 Å². The molecule has 0 saturated heterocycles. The summed E-state index contributed by atoms with van der Waals surface area (Å²) >= 11 is 1.57. The maximum Gasteiger partial charge on any atom is 0.326 e. The van der Waals surface area contributed by atoms with Crippen LogP contribution in [0.15, 0.2) is 0 Å². The maximum absolute atomic E-state index is 12.1. The normalized spacial score (nSPS) is 13.3. The number of rotatable bonds is 10. The number of carboxylic acids is 1. The van der Waals surface area contributed by atoms with Gasteiger partial charge in [0.05, 0.1) is 0 Å². The molecule has 6 nitrogen and oxygen atoms in total. The molecule has 116 valence electrons. The Labute approximate surface area is 124 Å². The summed E-state index contributed by atoms with van der Waals surface area (Å²) < 4.78 is 0. The second kappa shape index (κ2) is 10.5. The zero-order valence-electron chi connectivity index (χ0n) is 12.3. The third-order valence-corrected chi connectivity index (χ3v) is 3.42. The second-order valence-corrected chi connectivity index (χ2v) is 5.43. The lowest BCUT2D eigenvalue weighted by Crippen LogP contribution is -2.51. The zero-order valence-corrected chi connectivity index (χ0v) is 13.1. The van der Waals surface area contributed by atoms with Crippen molar-refractivity contribution in [3.8, 4) is 0 Å². The fraction of sp³-hybridized carbons (Fsp3) is 0.769. The van der Waals surface area contributed by atoms with E-state index in [1.807, 2.05) is 13.2 Å². The van der Waals surface area contributed by atoms with Crippen molar-refractivity contribution in [3.05, 3.63) is 0 Å². The Kier molecular flexibility index (Phi) is 9.88. The monoisotopic (exact) mass is 304 g/mol. The number of hydrogen-bond donors (Lipinski definition) is 3. The minimum atomic E-state index is -1.05.